The van der Waals surface area contributed by atoms with E-state index in [9.17, 15) is 14.4 Å². The summed E-state index contributed by atoms with van der Waals surface area (Å²) in [7, 11) is 0. The van der Waals surface area contributed by atoms with Crippen molar-refractivity contribution in [2.45, 2.75) is 76.4 Å². The van der Waals surface area contributed by atoms with Gasteiger partial charge < -0.3 is 5.32 Å². The number of fused-ring (bicyclic) bond motifs is 1. The molecule has 5 rings (SSSR count). The van der Waals surface area contributed by atoms with Gasteiger partial charge in [-0.1, -0.05) is 0 Å². The first kappa shape index (κ1) is 20.8. The lowest BCUT2D eigenvalue weighted by Crippen LogP contribution is -2.46. The SMILES string of the molecule is Cc1cnc2c(c1)c(=O)n(C1CCC(NC(=O)C3CC3)CC1)c(=O)n2C1CCSCC1. The first-order chi connectivity index (χ1) is 15.0. The first-order valence-electron chi connectivity index (χ1n) is 11.5. The fraction of sp³-hybridized carbons (Fsp3) is 0.652. The minimum absolute atomic E-state index is 0.0903. The van der Waals surface area contributed by atoms with Gasteiger partial charge in [0.1, 0.15) is 5.65 Å². The summed E-state index contributed by atoms with van der Waals surface area (Å²) < 4.78 is 3.31. The smallest absolute Gasteiger partial charge is 0.333 e. The molecule has 0 atom stereocenters. The molecule has 1 aliphatic heterocycles. The quantitative estimate of drug-likeness (QED) is 0.787. The zero-order valence-corrected chi connectivity index (χ0v) is 18.8. The van der Waals surface area contributed by atoms with Gasteiger partial charge in [-0.25, -0.2) is 9.78 Å². The van der Waals surface area contributed by atoms with Gasteiger partial charge in [-0.2, -0.15) is 11.8 Å². The molecule has 2 saturated carbocycles. The molecule has 2 aromatic heterocycles. The molecular weight excluding hydrogens is 412 g/mol. The highest BCUT2D eigenvalue weighted by Crippen LogP contribution is 2.32. The van der Waals surface area contributed by atoms with Crippen LogP contribution in [0.2, 0.25) is 0 Å². The standard InChI is InChI=1S/C23H30N4O3S/c1-14-12-19-20(24-13-14)26(18-8-10-31-11-9-18)23(30)27(22(19)29)17-6-4-16(5-7-17)25-21(28)15-2-3-15/h12-13,15-18H,2-11H2,1H3,(H,25,28). The Hall–Kier alpha value is -2.09. The van der Waals surface area contributed by atoms with Crippen LogP contribution in [0.25, 0.3) is 11.0 Å². The summed E-state index contributed by atoms with van der Waals surface area (Å²) in [5.41, 5.74) is 1.02. The van der Waals surface area contributed by atoms with E-state index in [-0.39, 0.29) is 41.2 Å². The predicted molar refractivity (Wildman–Crippen MR) is 123 cm³/mol. The summed E-state index contributed by atoms with van der Waals surface area (Å²) in [5, 5.41) is 3.70. The topological polar surface area (TPSA) is 86.0 Å². The Labute approximate surface area is 185 Å². The van der Waals surface area contributed by atoms with Crippen LogP contribution in [0.4, 0.5) is 0 Å². The van der Waals surface area contributed by atoms with Crippen LogP contribution < -0.4 is 16.6 Å². The summed E-state index contributed by atoms with van der Waals surface area (Å²) in [4.78, 5) is 43.7. The molecule has 0 unspecified atom stereocenters. The molecule has 31 heavy (non-hydrogen) atoms. The van der Waals surface area contributed by atoms with E-state index in [1.807, 2.05) is 24.8 Å². The zero-order valence-electron chi connectivity index (χ0n) is 18.0. The van der Waals surface area contributed by atoms with E-state index >= 15 is 0 Å². The Balaban J connectivity index is 1.49. The Morgan fingerprint density at radius 1 is 1.00 bits per heavy atom. The van der Waals surface area contributed by atoms with Gasteiger partial charge in [0, 0.05) is 30.2 Å². The monoisotopic (exact) mass is 442 g/mol. The number of nitrogens with zero attached hydrogens (tertiary/aromatic N) is 3. The number of carbonyl (C=O) groups excluding carboxylic acids is 1. The largest absolute Gasteiger partial charge is 0.353 e. The average molecular weight is 443 g/mol. The highest BCUT2D eigenvalue weighted by Gasteiger charge is 2.33. The van der Waals surface area contributed by atoms with Gasteiger partial charge in [0.25, 0.3) is 5.56 Å². The van der Waals surface area contributed by atoms with Crippen molar-refractivity contribution >= 4 is 28.7 Å². The van der Waals surface area contributed by atoms with E-state index in [4.69, 9.17) is 0 Å². The molecule has 1 N–H and O–H groups in total. The van der Waals surface area contributed by atoms with Crippen LogP contribution in [0.15, 0.2) is 21.9 Å². The molecule has 8 heteroatoms. The molecule has 3 heterocycles. The Morgan fingerprint density at radius 3 is 2.35 bits per heavy atom. The van der Waals surface area contributed by atoms with E-state index < -0.39 is 0 Å². The van der Waals surface area contributed by atoms with Crippen molar-refractivity contribution in [1.29, 1.82) is 0 Å². The van der Waals surface area contributed by atoms with Gasteiger partial charge in [0.05, 0.1) is 5.39 Å². The minimum atomic E-state index is -0.219. The molecule has 166 valence electrons. The molecule has 7 nitrogen and oxygen atoms in total. The predicted octanol–water partition coefficient (Wildman–Crippen LogP) is 2.94. The van der Waals surface area contributed by atoms with Crippen LogP contribution in [0, 0.1) is 12.8 Å². The molecule has 3 aliphatic rings. The summed E-state index contributed by atoms with van der Waals surface area (Å²) in [6, 6.07) is 1.99. The minimum Gasteiger partial charge on any atom is -0.353 e. The maximum absolute atomic E-state index is 13.7. The van der Waals surface area contributed by atoms with Gasteiger partial charge in [0.15, 0.2) is 0 Å². The maximum atomic E-state index is 13.7. The lowest BCUT2D eigenvalue weighted by Gasteiger charge is -2.31. The molecule has 0 bridgehead atoms. The van der Waals surface area contributed by atoms with Crippen LogP contribution in [0.1, 0.15) is 69.0 Å². The van der Waals surface area contributed by atoms with Crippen LogP contribution in [-0.2, 0) is 4.79 Å². The Morgan fingerprint density at radius 2 is 1.68 bits per heavy atom. The third-order valence-electron chi connectivity index (χ3n) is 7.01. The van der Waals surface area contributed by atoms with E-state index in [1.54, 1.807) is 10.8 Å². The number of amides is 1. The first-order valence-corrected chi connectivity index (χ1v) is 12.7. The maximum Gasteiger partial charge on any atom is 0.333 e. The number of aromatic nitrogens is 3. The Kier molecular flexibility index (Phi) is 5.67. The third-order valence-corrected chi connectivity index (χ3v) is 8.05. The summed E-state index contributed by atoms with van der Waals surface area (Å²) in [6.07, 6.45) is 8.67. The van der Waals surface area contributed by atoms with Gasteiger partial charge in [-0.05, 0) is 81.4 Å². The van der Waals surface area contributed by atoms with Crippen molar-refractivity contribution in [1.82, 2.24) is 19.4 Å². The zero-order chi connectivity index (χ0) is 21.5. The van der Waals surface area contributed by atoms with Crippen molar-refractivity contribution in [2.75, 3.05) is 11.5 Å². The fourth-order valence-electron chi connectivity index (χ4n) is 5.07. The lowest BCUT2D eigenvalue weighted by molar-refractivity contribution is -0.123. The van der Waals surface area contributed by atoms with Gasteiger partial charge in [-0.3, -0.25) is 18.7 Å². The van der Waals surface area contributed by atoms with E-state index in [0.717, 1.165) is 68.4 Å². The van der Waals surface area contributed by atoms with Gasteiger partial charge in [0.2, 0.25) is 5.91 Å². The van der Waals surface area contributed by atoms with Crippen LogP contribution in [-0.4, -0.2) is 37.6 Å². The molecule has 1 amide bonds. The number of rotatable bonds is 4. The number of pyridine rings is 1. The second-order valence-electron chi connectivity index (χ2n) is 9.34. The molecular formula is C23H30N4O3S. The lowest BCUT2D eigenvalue weighted by atomic mass is 9.90. The van der Waals surface area contributed by atoms with Crippen LogP contribution >= 0.6 is 11.8 Å². The highest BCUT2D eigenvalue weighted by molar-refractivity contribution is 7.99. The molecule has 0 radical (unpaired) electrons. The summed E-state index contributed by atoms with van der Waals surface area (Å²) >= 11 is 1.92. The number of carbonyl (C=O) groups is 1. The number of hydrogen-bond acceptors (Lipinski definition) is 5. The summed E-state index contributed by atoms with van der Waals surface area (Å²) in [5.74, 6) is 2.42. The van der Waals surface area contributed by atoms with Crippen molar-refractivity contribution in [3.8, 4) is 0 Å². The van der Waals surface area contributed by atoms with Gasteiger partial charge >= 0.3 is 5.69 Å². The molecule has 2 aliphatic carbocycles. The molecule has 3 fully saturated rings. The van der Waals surface area contributed by atoms with Crippen LogP contribution in [0.5, 0.6) is 0 Å². The van der Waals surface area contributed by atoms with E-state index in [1.165, 1.54) is 4.57 Å². The van der Waals surface area contributed by atoms with Crippen LogP contribution in [0.3, 0.4) is 0 Å². The number of nitrogens with one attached hydrogen (secondary N) is 1. The molecule has 2 aromatic rings. The summed E-state index contributed by atoms with van der Waals surface area (Å²) in [6.45, 7) is 1.93. The van der Waals surface area contributed by atoms with E-state index in [2.05, 4.69) is 10.3 Å². The number of aryl methyl sites for hydroxylation is 1. The molecule has 1 saturated heterocycles. The Bertz CT molecular complexity index is 1110. The second-order valence-corrected chi connectivity index (χ2v) is 10.6. The third kappa shape index (κ3) is 4.06. The number of thioether (sulfide) groups is 1. The number of hydrogen-bond donors (Lipinski definition) is 1. The molecule has 0 aromatic carbocycles. The van der Waals surface area contributed by atoms with Crippen molar-refractivity contribution < 1.29 is 4.79 Å². The van der Waals surface area contributed by atoms with Crippen molar-refractivity contribution in [3.63, 3.8) is 0 Å². The van der Waals surface area contributed by atoms with Crippen molar-refractivity contribution in [2.24, 2.45) is 5.92 Å². The molecule has 0 spiro atoms. The fourth-order valence-corrected chi connectivity index (χ4v) is 6.15. The second kappa shape index (κ2) is 8.45. The average Bonchev–Trinajstić information content (AvgIpc) is 3.62. The van der Waals surface area contributed by atoms with Crippen molar-refractivity contribution in [3.05, 3.63) is 38.7 Å². The highest BCUT2D eigenvalue weighted by atomic mass is 32.2. The van der Waals surface area contributed by atoms with E-state index in [0.29, 0.717) is 11.0 Å². The normalized spacial score (nSPS) is 24.9. The van der Waals surface area contributed by atoms with Gasteiger partial charge in [-0.15, -0.1) is 0 Å².